The first-order valence-corrected chi connectivity index (χ1v) is 12.9. The number of piperazine rings is 2. The van der Waals surface area contributed by atoms with E-state index in [2.05, 4.69) is 0 Å². The van der Waals surface area contributed by atoms with Crippen LogP contribution in [0.2, 0.25) is 0 Å². The van der Waals surface area contributed by atoms with Gasteiger partial charge < -0.3 is 29.1 Å². The fourth-order valence-electron chi connectivity index (χ4n) is 4.44. The maximum atomic E-state index is 14.5. The minimum Gasteiger partial charge on any atom is -0.445 e. The van der Waals surface area contributed by atoms with Gasteiger partial charge in [0.25, 0.3) is 5.91 Å². The molecular weight excluding hydrogens is 491 g/mol. The second-order valence-corrected chi connectivity index (χ2v) is 10.5. The molecule has 2 aliphatic rings. The van der Waals surface area contributed by atoms with Crippen LogP contribution in [0.5, 0.6) is 0 Å². The van der Waals surface area contributed by atoms with Gasteiger partial charge in [-0.2, -0.15) is 0 Å². The standard InChI is InChI=1S/C28H35FN4O5/c1-28(2,3)38-27(36)33-13-9-30(10-14-33)24-18-22(17-23(29)19-24)25(34)31-11-15-32(16-12-31)26(35)37-20-21-7-5-4-6-8-21/h4-8,17-19H,9-16,20H2,1-3H3. The topological polar surface area (TPSA) is 82.6 Å². The number of hydrogen-bond donors (Lipinski definition) is 0. The van der Waals surface area contributed by atoms with Crippen LogP contribution in [-0.2, 0) is 16.1 Å². The molecule has 0 atom stereocenters. The molecule has 0 radical (unpaired) electrons. The van der Waals surface area contributed by atoms with Crippen LogP contribution in [-0.4, -0.2) is 90.8 Å². The maximum absolute atomic E-state index is 14.5. The van der Waals surface area contributed by atoms with Crippen molar-refractivity contribution in [1.29, 1.82) is 0 Å². The van der Waals surface area contributed by atoms with Crippen LogP contribution in [0.15, 0.2) is 48.5 Å². The van der Waals surface area contributed by atoms with E-state index >= 15 is 0 Å². The molecule has 0 unspecified atom stereocenters. The molecule has 0 saturated carbocycles. The Morgan fingerprint density at radius 1 is 0.789 bits per heavy atom. The Bertz CT molecular complexity index is 1140. The lowest BCUT2D eigenvalue weighted by Crippen LogP contribution is -2.51. The third-order valence-electron chi connectivity index (χ3n) is 6.46. The number of carbonyl (C=O) groups is 3. The average Bonchev–Trinajstić information content (AvgIpc) is 2.91. The van der Waals surface area contributed by atoms with Crippen molar-refractivity contribution in [2.45, 2.75) is 33.0 Å². The zero-order chi connectivity index (χ0) is 27.3. The van der Waals surface area contributed by atoms with Gasteiger partial charge in [-0.25, -0.2) is 14.0 Å². The number of nitrogens with zero attached hydrogens (tertiary/aromatic N) is 4. The Kier molecular flexibility index (Phi) is 8.38. The molecule has 0 spiro atoms. The monoisotopic (exact) mass is 526 g/mol. The van der Waals surface area contributed by atoms with Gasteiger partial charge in [0.2, 0.25) is 0 Å². The molecule has 204 valence electrons. The van der Waals surface area contributed by atoms with Crippen LogP contribution >= 0.6 is 0 Å². The minimum absolute atomic E-state index is 0.191. The fraction of sp³-hybridized carbons (Fsp3) is 0.464. The zero-order valence-corrected chi connectivity index (χ0v) is 22.2. The van der Waals surface area contributed by atoms with Gasteiger partial charge in [-0.15, -0.1) is 0 Å². The Morgan fingerprint density at radius 3 is 2.00 bits per heavy atom. The summed E-state index contributed by atoms with van der Waals surface area (Å²) in [6.45, 7) is 8.89. The Hall–Kier alpha value is -3.82. The summed E-state index contributed by atoms with van der Waals surface area (Å²) >= 11 is 0. The Balaban J connectivity index is 1.30. The highest BCUT2D eigenvalue weighted by Gasteiger charge is 2.28. The van der Waals surface area contributed by atoms with E-state index in [0.717, 1.165) is 5.56 Å². The molecule has 2 heterocycles. The summed E-state index contributed by atoms with van der Waals surface area (Å²) in [5.74, 6) is -0.779. The van der Waals surface area contributed by atoms with Crippen LogP contribution in [0.3, 0.4) is 0 Å². The number of carbonyl (C=O) groups excluding carboxylic acids is 3. The van der Waals surface area contributed by atoms with Crippen LogP contribution in [0.4, 0.5) is 19.7 Å². The summed E-state index contributed by atoms with van der Waals surface area (Å²) < 4.78 is 25.4. The summed E-state index contributed by atoms with van der Waals surface area (Å²) in [6, 6.07) is 13.8. The van der Waals surface area contributed by atoms with Gasteiger partial charge >= 0.3 is 12.2 Å². The first-order chi connectivity index (χ1) is 18.1. The van der Waals surface area contributed by atoms with Gasteiger partial charge in [-0.05, 0) is 44.5 Å². The van der Waals surface area contributed by atoms with E-state index < -0.39 is 17.5 Å². The molecule has 0 N–H and O–H groups in total. The molecule has 10 heteroatoms. The first kappa shape index (κ1) is 27.2. The molecule has 38 heavy (non-hydrogen) atoms. The number of amides is 3. The largest absolute Gasteiger partial charge is 0.445 e. The highest BCUT2D eigenvalue weighted by molar-refractivity contribution is 5.95. The Labute approximate surface area is 222 Å². The van der Waals surface area contributed by atoms with Crippen molar-refractivity contribution in [2.24, 2.45) is 0 Å². The van der Waals surface area contributed by atoms with E-state index in [9.17, 15) is 18.8 Å². The van der Waals surface area contributed by atoms with E-state index in [4.69, 9.17) is 9.47 Å². The molecule has 2 fully saturated rings. The normalized spacial score (nSPS) is 16.3. The van der Waals surface area contributed by atoms with Gasteiger partial charge in [-0.1, -0.05) is 30.3 Å². The molecule has 0 aromatic heterocycles. The van der Waals surface area contributed by atoms with Crippen LogP contribution < -0.4 is 4.90 Å². The summed E-state index contributed by atoms with van der Waals surface area (Å²) in [5.41, 5.74) is 1.19. The third kappa shape index (κ3) is 7.14. The minimum atomic E-state index is -0.569. The first-order valence-electron chi connectivity index (χ1n) is 12.9. The van der Waals surface area contributed by atoms with Crippen LogP contribution in [0, 0.1) is 5.82 Å². The third-order valence-corrected chi connectivity index (χ3v) is 6.46. The van der Waals surface area contributed by atoms with Crippen LogP contribution in [0.25, 0.3) is 0 Å². The molecule has 3 amide bonds. The number of halogens is 1. The van der Waals surface area contributed by atoms with E-state index in [0.29, 0.717) is 58.0 Å². The Morgan fingerprint density at radius 2 is 1.37 bits per heavy atom. The number of ether oxygens (including phenoxy) is 2. The second kappa shape index (κ2) is 11.7. The summed E-state index contributed by atoms with van der Waals surface area (Å²) in [7, 11) is 0. The molecule has 2 aromatic carbocycles. The number of hydrogen-bond acceptors (Lipinski definition) is 6. The lowest BCUT2D eigenvalue weighted by molar-refractivity contribution is 0.0240. The molecule has 2 saturated heterocycles. The molecule has 0 aliphatic carbocycles. The van der Waals surface area contributed by atoms with Crippen molar-refractivity contribution >= 4 is 23.8 Å². The van der Waals surface area contributed by atoms with Gasteiger partial charge in [0, 0.05) is 63.6 Å². The van der Waals surface area contributed by atoms with Crippen molar-refractivity contribution in [3.63, 3.8) is 0 Å². The van der Waals surface area contributed by atoms with Crippen molar-refractivity contribution in [3.8, 4) is 0 Å². The van der Waals surface area contributed by atoms with E-state index in [1.54, 1.807) is 20.8 Å². The molecule has 4 rings (SSSR count). The predicted octanol–water partition coefficient (Wildman–Crippen LogP) is 3.98. The molecule has 2 aromatic rings. The average molecular weight is 527 g/mol. The predicted molar refractivity (Wildman–Crippen MR) is 141 cm³/mol. The van der Waals surface area contributed by atoms with E-state index in [-0.39, 0.29) is 24.2 Å². The van der Waals surface area contributed by atoms with Crippen molar-refractivity contribution in [3.05, 3.63) is 65.5 Å². The van der Waals surface area contributed by atoms with Crippen molar-refractivity contribution < 1.29 is 28.2 Å². The SMILES string of the molecule is CC(C)(C)OC(=O)N1CCN(c2cc(F)cc(C(=O)N3CCN(C(=O)OCc4ccccc4)CC3)c2)CC1. The highest BCUT2D eigenvalue weighted by Crippen LogP contribution is 2.23. The summed E-state index contributed by atoms with van der Waals surface area (Å²) in [4.78, 5) is 44.8. The van der Waals surface area contributed by atoms with E-state index in [1.807, 2.05) is 56.0 Å². The van der Waals surface area contributed by atoms with Gasteiger partial charge in [0.15, 0.2) is 0 Å². The number of anilines is 1. The van der Waals surface area contributed by atoms with Gasteiger partial charge in [0.05, 0.1) is 0 Å². The molecule has 2 aliphatic heterocycles. The number of rotatable bonds is 4. The van der Waals surface area contributed by atoms with Crippen LogP contribution in [0.1, 0.15) is 36.7 Å². The zero-order valence-electron chi connectivity index (χ0n) is 22.2. The lowest BCUT2D eigenvalue weighted by Gasteiger charge is -2.37. The smallest absolute Gasteiger partial charge is 0.410 e. The summed E-state index contributed by atoms with van der Waals surface area (Å²) in [5, 5.41) is 0. The van der Waals surface area contributed by atoms with E-state index in [1.165, 1.54) is 12.1 Å². The lowest BCUT2D eigenvalue weighted by atomic mass is 10.1. The highest BCUT2D eigenvalue weighted by atomic mass is 19.1. The van der Waals surface area contributed by atoms with Gasteiger partial charge in [-0.3, -0.25) is 4.79 Å². The van der Waals surface area contributed by atoms with Crippen molar-refractivity contribution in [1.82, 2.24) is 14.7 Å². The quantitative estimate of drug-likeness (QED) is 0.600. The summed E-state index contributed by atoms with van der Waals surface area (Å²) in [6.07, 6.45) is -0.783. The van der Waals surface area contributed by atoms with Crippen molar-refractivity contribution in [2.75, 3.05) is 57.3 Å². The fourth-order valence-corrected chi connectivity index (χ4v) is 4.44. The molecule has 0 bridgehead atoms. The number of benzene rings is 2. The second-order valence-electron chi connectivity index (χ2n) is 10.5. The molecule has 9 nitrogen and oxygen atoms in total. The maximum Gasteiger partial charge on any atom is 0.410 e. The molecular formula is C28H35FN4O5. The van der Waals surface area contributed by atoms with Gasteiger partial charge in [0.1, 0.15) is 18.0 Å².